The fraction of sp³-hybridized carbons (Fsp3) is 0.214. The number of H-pyrrole nitrogens is 1. The van der Waals surface area contributed by atoms with Gasteiger partial charge in [-0.15, -0.1) is 0 Å². The third kappa shape index (κ3) is 2.69. The SMILES string of the molecule is O=C(NCCCc1ncc[nH]1)c1cn2ccccc2n1. The van der Waals surface area contributed by atoms with Crippen LogP contribution >= 0.6 is 0 Å². The number of hydrogen-bond acceptors (Lipinski definition) is 3. The van der Waals surface area contributed by atoms with Crippen LogP contribution < -0.4 is 5.32 Å². The van der Waals surface area contributed by atoms with Crippen molar-refractivity contribution in [3.8, 4) is 0 Å². The van der Waals surface area contributed by atoms with Crippen LogP contribution in [0.3, 0.4) is 0 Å². The Morgan fingerprint density at radius 1 is 1.40 bits per heavy atom. The van der Waals surface area contributed by atoms with Gasteiger partial charge in [-0.1, -0.05) is 6.07 Å². The minimum absolute atomic E-state index is 0.145. The molecule has 3 aromatic heterocycles. The van der Waals surface area contributed by atoms with E-state index < -0.39 is 0 Å². The minimum Gasteiger partial charge on any atom is -0.351 e. The second kappa shape index (κ2) is 5.56. The zero-order chi connectivity index (χ0) is 13.8. The van der Waals surface area contributed by atoms with Gasteiger partial charge in [-0.05, 0) is 18.6 Å². The van der Waals surface area contributed by atoms with Gasteiger partial charge in [0.2, 0.25) is 0 Å². The molecule has 1 amide bonds. The van der Waals surface area contributed by atoms with Gasteiger partial charge in [-0.25, -0.2) is 9.97 Å². The molecule has 0 aliphatic carbocycles. The number of aromatic nitrogens is 4. The number of nitrogens with one attached hydrogen (secondary N) is 2. The van der Waals surface area contributed by atoms with Crippen LogP contribution in [-0.2, 0) is 6.42 Å². The van der Waals surface area contributed by atoms with E-state index in [0.29, 0.717) is 12.2 Å². The van der Waals surface area contributed by atoms with Crippen LogP contribution in [0.5, 0.6) is 0 Å². The number of rotatable bonds is 5. The molecule has 20 heavy (non-hydrogen) atoms. The molecule has 3 heterocycles. The molecule has 0 saturated carbocycles. The van der Waals surface area contributed by atoms with E-state index in [1.165, 1.54) is 0 Å². The molecule has 0 radical (unpaired) electrons. The summed E-state index contributed by atoms with van der Waals surface area (Å²) in [6.07, 6.45) is 8.79. The maximum absolute atomic E-state index is 12.0. The van der Waals surface area contributed by atoms with Crippen molar-refractivity contribution >= 4 is 11.6 Å². The number of pyridine rings is 1. The summed E-state index contributed by atoms with van der Waals surface area (Å²) in [6.45, 7) is 0.605. The monoisotopic (exact) mass is 269 g/mol. The molecule has 102 valence electrons. The molecular formula is C14H15N5O. The van der Waals surface area contributed by atoms with Crippen molar-refractivity contribution < 1.29 is 4.79 Å². The summed E-state index contributed by atoms with van der Waals surface area (Å²) in [4.78, 5) is 23.4. The van der Waals surface area contributed by atoms with E-state index >= 15 is 0 Å². The quantitative estimate of drug-likeness (QED) is 0.688. The summed E-state index contributed by atoms with van der Waals surface area (Å²) in [5.41, 5.74) is 1.21. The highest BCUT2D eigenvalue weighted by Gasteiger charge is 2.09. The molecule has 0 bridgehead atoms. The van der Waals surface area contributed by atoms with Gasteiger partial charge in [-0.2, -0.15) is 0 Å². The van der Waals surface area contributed by atoms with E-state index in [-0.39, 0.29) is 5.91 Å². The van der Waals surface area contributed by atoms with E-state index in [2.05, 4.69) is 20.3 Å². The Hall–Kier alpha value is -2.63. The Balaban J connectivity index is 1.53. The highest BCUT2D eigenvalue weighted by Crippen LogP contribution is 2.04. The van der Waals surface area contributed by atoms with Crippen LogP contribution in [0.25, 0.3) is 5.65 Å². The molecule has 0 aromatic carbocycles. The zero-order valence-corrected chi connectivity index (χ0v) is 10.9. The molecule has 0 atom stereocenters. The number of hydrogen-bond donors (Lipinski definition) is 2. The smallest absolute Gasteiger partial charge is 0.271 e. The Kier molecular flexibility index (Phi) is 3.45. The van der Waals surface area contributed by atoms with Crippen molar-refractivity contribution in [2.75, 3.05) is 6.54 Å². The number of carbonyl (C=O) groups excluding carboxylic acids is 1. The molecule has 0 unspecified atom stereocenters. The normalized spacial score (nSPS) is 10.8. The number of nitrogens with zero attached hydrogens (tertiary/aromatic N) is 3. The van der Waals surface area contributed by atoms with Crippen molar-refractivity contribution in [3.63, 3.8) is 0 Å². The Morgan fingerprint density at radius 2 is 2.35 bits per heavy atom. The van der Waals surface area contributed by atoms with Gasteiger partial charge < -0.3 is 14.7 Å². The maximum Gasteiger partial charge on any atom is 0.271 e. The molecule has 6 nitrogen and oxygen atoms in total. The van der Waals surface area contributed by atoms with E-state index in [9.17, 15) is 4.79 Å². The number of imidazole rings is 2. The molecule has 2 N–H and O–H groups in total. The molecular weight excluding hydrogens is 254 g/mol. The van der Waals surface area contributed by atoms with Gasteiger partial charge in [0.25, 0.3) is 5.91 Å². The van der Waals surface area contributed by atoms with E-state index in [1.54, 1.807) is 18.6 Å². The Morgan fingerprint density at radius 3 is 3.15 bits per heavy atom. The second-order valence-electron chi connectivity index (χ2n) is 4.49. The lowest BCUT2D eigenvalue weighted by atomic mass is 10.3. The maximum atomic E-state index is 12.0. The molecule has 6 heteroatoms. The van der Waals surface area contributed by atoms with Crippen LogP contribution in [0.2, 0.25) is 0 Å². The summed E-state index contributed by atoms with van der Waals surface area (Å²) in [5, 5.41) is 2.87. The van der Waals surface area contributed by atoms with Crippen molar-refractivity contribution in [1.29, 1.82) is 0 Å². The summed E-state index contributed by atoms with van der Waals surface area (Å²) in [5.74, 6) is 0.792. The first-order valence-electron chi connectivity index (χ1n) is 6.53. The fourth-order valence-electron chi connectivity index (χ4n) is 2.03. The van der Waals surface area contributed by atoms with Crippen molar-refractivity contribution in [2.45, 2.75) is 12.8 Å². The third-order valence-corrected chi connectivity index (χ3v) is 3.03. The molecule has 3 rings (SSSR count). The molecule has 0 fully saturated rings. The number of fused-ring (bicyclic) bond motifs is 1. The number of aromatic amines is 1. The first-order valence-corrected chi connectivity index (χ1v) is 6.53. The van der Waals surface area contributed by atoms with E-state index in [0.717, 1.165) is 24.3 Å². The fourth-order valence-corrected chi connectivity index (χ4v) is 2.03. The van der Waals surface area contributed by atoms with Crippen LogP contribution in [0.15, 0.2) is 43.0 Å². The lowest BCUT2D eigenvalue weighted by Gasteiger charge is -2.01. The van der Waals surface area contributed by atoms with Gasteiger partial charge in [0, 0.05) is 37.8 Å². The van der Waals surface area contributed by atoms with Gasteiger partial charge in [0.05, 0.1) is 0 Å². The third-order valence-electron chi connectivity index (χ3n) is 3.03. The predicted octanol–water partition coefficient (Wildman–Crippen LogP) is 1.42. The Bertz CT molecular complexity index is 668. The molecule has 0 saturated heterocycles. The highest BCUT2D eigenvalue weighted by atomic mass is 16.1. The largest absolute Gasteiger partial charge is 0.351 e. The highest BCUT2D eigenvalue weighted by molar-refractivity contribution is 5.92. The summed E-state index contributed by atoms with van der Waals surface area (Å²) in [6, 6.07) is 5.67. The lowest BCUT2D eigenvalue weighted by Crippen LogP contribution is -2.25. The number of aryl methyl sites for hydroxylation is 1. The Labute approximate surface area is 115 Å². The van der Waals surface area contributed by atoms with Crippen molar-refractivity contribution in [1.82, 2.24) is 24.7 Å². The minimum atomic E-state index is -0.145. The lowest BCUT2D eigenvalue weighted by molar-refractivity contribution is 0.0949. The van der Waals surface area contributed by atoms with Crippen molar-refractivity contribution in [3.05, 3.63) is 54.5 Å². The standard InChI is InChI=1S/C14H15N5O/c20-14(17-6-3-4-12-15-7-8-16-12)11-10-19-9-2-1-5-13(19)18-11/h1-2,5,7-10H,3-4,6H2,(H,15,16)(H,17,20). The number of amides is 1. The van der Waals surface area contributed by atoms with Crippen molar-refractivity contribution in [2.24, 2.45) is 0 Å². The van der Waals surface area contributed by atoms with Gasteiger partial charge in [0.1, 0.15) is 17.2 Å². The summed E-state index contributed by atoms with van der Waals surface area (Å²) in [7, 11) is 0. The van der Waals surface area contributed by atoms with Gasteiger partial charge in [0.15, 0.2) is 0 Å². The van der Waals surface area contributed by atoms with Crippen LogP contribution in [0.4, 0.5) is 0 Å². The van der Waals surface area contributed by atoms with Crippen LogP contribution in [0.1, 0.15) is 22.7 Å². The van der Waals surface area contributed by atoms with Crippen LogP contribution in [0, 0.1) is 0 Å². The van der Waals surface area contributed by atoms with E-state index in [4.69, 9.17) is 0 Å². The average Bonchev–Trinajstić information content (AvgIpc) is 3.12. The van der Waals surface area contributed by atoms with Gasteiger partial charge >= 0.3 is 0 Å². The zero-order valence-electron chi connectivity index (χ0n) is 10.9. The summed E-state index contributed by atoms with van der Waals surface area (Å²) < 4.78 is 1.83. The summed E-state index contributed by atoms with van der Waals surface area (Å²) >= 11 is 0. The first-order chi connectivity index (χ1) is 9.83. The molecule has 0 aliphatic rings. The van der Waals surface area contributed by atoms with Gasteiger partial charge in [-0.3, -0.25) is 4.79 Å². The van der Waals surface area contributed by atoms with Crippen LogP contribution in [-0.4, -0.2) is 31.8 Å². The number of carbonyl (C=O) groups is 1. The molecule has 0 aliphatic heterocycles. The molecule has 0 spiro atoms. The van der Waals surface area contributed by atoms with E-state index in [1.807, 2.05) is 28.8 Å². The predicted molar refractivity (Wildman–Crippen MR) is 74.4 cm³/mol. The molecule has 3 aromatic rings. The first kappa shape index (κ1) is 12.4. The topological polar surface area (TPSA) is 75.1 Å². The average molecular weight is 269 g/mol. The second-order valence-corrected chi connectivity index (χ2v) is 4.49.